The standard InChI is InChI=1S/C17H20FN3O2.C5H10O2/c18-15-3-1-13(2-4-15)11-21-8-5-14(16(22)17(21)23)12-20-9-6-19-7-10-20;1-5(2,3)7-4-6/h1-5,8,19,22H,6-7,9-12H2;4H,1-3H3. The number of piperazine rings is 1. The van der Waals surface area contributed by atoms with Gasteiger partial charge >= 0.3 is 0 Å². The fraction of sp³-hybridized carbons (Fsp3) is 0.455. The van der Waals surface area contributed by atoms with Crippen LogP contribution in [0.4, 0.5) is 4.39 Å². The minimum atomic E-state index is -0.415. The van der Waals surface area contributed by atoms with Gasteiger partial charge < -0.3 is 19.7 Å². The van der Waals surface area contributed by atoms with Crippen LogP contribution in [0.1, 0.15) is 31.9 Å². The Balaban J connectivity index is 0.000000396. The number of nitrogens with one attached hydrogen (secondary N) is 1. The Morgan fingerprint density at radius 2 is 1.77 bits per heavy atom. The maximum absolute atomic E-state index is 12.9. The summed E-state index contributed by atoms with van der Waals surface area (Å²) in [6.07, 6.45) is 1.68. The number of hydrogen-bond acceptors (Lipinski definition) is 6. The van der Waals surface area contributed by atoms with Crippen molar-refractivity contribution >= 4 is 6.47 Å². The SMILES string of the molecule is CC(C)(C)OC=O.O=c1c(O)c(CN2CCNCC2)ccn1Cc1ccc(F)cc1. The summed E-state index contributed by atoms with van der Waals surface area (Å²) in [5.74, 6) is -0.511. The fourth-order valence-corrected chi connectivity index (χ4v) is 2.89. The summed E-state index contributed by atoms with van der Waals surface area (Å²) in [5, 5.41) is 13.5. The molecular weight excluding hydrogens is 389 g/mol. The van der Waals surface area contributed by atoms with Crippen molar-refractivity contribution in [3.05, 3.63) is 63.8 Å². The zero-order valence-electron chi connectivity index (χ0n) is 17.7. The highest BCUT2D eigenvalue weighted by Crippen LogP contribution is 2.15. The molecule has 0 saturated carbocycles. The van der Waals surface area contributed by atoms with Crippen LogP contribution in [0.2, 0.25) is 0 Å². The van der Waals surface area contributed by atoms with Gasteiger partial charge in [-0.25, -0.2) is 4.39 Å². The second-order valence-corrected chi connectivity index (χ2v) is 8.10. The quantitative estimate of drug-likeness (QED) is 0.723. The monoisotopic (exact) mass is 419 g/mol. The number of aromatic hydroxyl groups is 1. The zero-order valence-corrected chi connectivity index (χ0v) is 17.7. The molecule has 1 aliphatic heterocycles. The number of pyridine rings is 1. The van der Waals surface area contributed by atoms with Gasteiger partial charge in [0.05, 0.1) is 6.54 Å². The van der Waals surface area contributed by atoms with Crippen LogP contribution in [0.25, 0.3) is 0 Å². The number of hydrogen-bond donors (Lipinski definition) is 2. The highest BCUT2D eigenvalue weighted by Gasteiger charge is 2.15. The lowest BCUT2D eigenvalue weighted by Crippen LogP contribution is -2.43. The van der Waals surface area contributed by atoms with E-state index in [1.165, 1.54) is 16.7 Å². The largest absolute Gasteiger partial charge is 0.503 e. The second-order valence-electron chi connectivity index (χ2n) is 8.10. The molecule has 3 rings (SSSR count). The molecule has 30 heavy (non-hydrogen) atoms. The van der Waals surface area contributed by atoms with Gasteiger partial charge in [-0.2, -0.15) is 0 Å². The van der Waals surface area contributed by atoms with Gasteiger partial charge in [0.2, 0.25) is 0 Å². The third-order valence-corrected chi connectivity index (χ3v) is 4.49. The average Bonchev–Trinajstić information content (AvgIpc) is 2.70. The Bertz CT molecular complexity index is 869. The number of carbonyl (C=O) groups excluding carboxylic acids is 1. The van der Waals surface area contributed by atoms with E-state index >= 15 is 0 Å². The van der Waals surface area contributed by atoms with Crippen LogP contribution in [0, 0.1) is 5.82 Å². The van der Waals surface area contributed by atoms with E-state index in [4.69, 9.17) is 0 Å². The number of halogens is 1. The highest BCUT2D eigenvalue weighted by atomic mass is 19.1. The number of carbonyl (C=O) groups is 1. The zero-order chi connectivity index (χ0) is 22.1. The Morgan fingerprint density at radius 3 is 2.30 bits per heavy atom. The number of benzene rings is 1. The maximum Gasteiger partial charge on any atom is 0.293 e. The lowest BCUT2D eigenvalue weighted by atomic mass is 10.2. The van der Waals surface area contributed by atoms with Crippen molar-refractivity contribution in [2.45, 2.75) is 39.5 Å². The number of rotatable bonds is 5. The summed E-state index contributed by atoms with van der Waals surface area (Å²) in [5.41, 5.74) is 0.721. The predicted octanol–water partition coefficient (Wildman–Crippen LogP) is 2.10. The lowest BCUT2D eigenvalue weighted by molar-refractivity contribution is -0.138. The van der Waals surface area contributed by atoms with Crippen LogP contribution in [0.15, 0.2) is 41.3 Å². The summed E-state index contributed by atoms with van der Waals surface area (Å²) in [7, 11) is 0. The molecule has 0 unspecified atom stereocenters. The molecule has 1 saturated heterocycles. The number of nitrogens with zero attached hydrogens (tertiary/aromatic N) is 2. The lowest BCUT2D eigenvalue weighted by Gasteiger charge is -2.27. The summed E-state index contributed by atoms with van der Waals surface area (Å²) in [6, 6.07) is 7.77. The van der Waals surface area contributed by atoms with Crippen molar-refractivity contribution in [1.29, 1.82) is 0 Å². The van der Waals surface area contributed by atoms with Crippen LogP contribution in [-0.2, 0) is 22.6 Å². The molecule has 1 fully saturated rings. The van der Waals surface area contributed by atoms with Crippen molar-refractivity contribution < 1.29 is 19.0 Å². The summed E-state index contributed by atoms with van der Waals surface area (Å²) >= 11 is 0. The van der Waals surface area contributed by atoms with Gasteiger partial charge in [-0.05, 0) is 44.5 Å². The first-order valence-corrected chi connectivity index (χ1v) is 9.90. The molecule has 2 N–H and O–H groups in total. The third-order valence-electron chi connectivity index (χ3n) is 4.49. The molecule has 7 nitrogen and oxygen atoms in total. The summed E-state index contributed by atoms with van der Waals surface area (Å²) < 4.78 is 18.9. The van der Waals surface area contributed by atoms with E-state index < -0.39 is 5.56 Å². The molecular formula is C22H30FN3O4. The van der Waals surface area contributed by atoms with Gasteiger partial charge in [-0.3, -0.25) is 14.5 Å². The Labute approximate surface area is 176 Å². The van der Waals surface area contributed by atoms with Crippen LogP contribution < -0.4 is 10.9 Å². The Hall–Kier alpha value is -2.71. The van der Waals surface area contributed by atoms with E-state index in [1.807, 2.05) is 20.8 Å². The molecule has 1 aromatic heterocycles. The van der Waals surface area contributed by atoms with Crippen LogP contribution in [0.3, 0.4) is 0 Å². The molecule has 1 aromatic carbocycles. The molecule has 0 radical (unpaired) electrons. The summed E-state index contributed by atoms with van der Waals surface area (Å²) in [6.45, 7) is 10.4. The van der Waals surface area contributed by atoms with Gasteiger partial charge in [0.25, 0.3) is 12.0 Å². The minimum Gasteiger partial charge on any atom is -0.503 e. The van der Waals surface area contributed by atoms with E-state index in [0.717, 1.165) is 31.7 Å². The normalized spacial score (nSPS) is 14.5. The van der Waals surface area contributed by atoms with Gasteiger partial charge in [0.1, 0.15) is 11.4 Å². The molecule has 0 atom stereocenters. The maximum atomic E-state index is 12.9. The van der Waals surface area contributed by atoms with Crippen molar-refractivity contribution in [3.63, 3.8) is 0 Å². The number of ether oxygens (including phenoxy) is 1. The molecule has 0 amide bonds. The predicted molar refractivity (Wildman–Crippen MR) is 113 cm³/mol. The molecule has 2 aromatic rings. The van der Waals surface area contributed by atoms with Gasteiger partial charge in [-0.1, -0.05) is 12.1 Å². The van der Waals surface area contributed by atoms with Crippen molar-refractivity contribution in [2.75, 3.05) is 26.2 Å². The van der Waals surface area contributed by atoms with E-state index in [2.05, 4.69) is 15.0 Å². The van der Waals surface area contributed by atoms with Gasteiger partial charge in [0.15, 0.2) is 5.75 Å². The molecule has 1 aliphatic rings. The van der Waals surface area contributed by atoms with Crippen LogP contribution in [-0.4, -0.2) is 52.8 Å². The smallest absolute Gasteiger partial charge is 0.293 e. The van der Waals surface area contributed by atoms with Gasteiger partial charge in [-0.15, -0.1) is 0 Å². The van der Waals surface area contributed by atoms with E-state index in [1.54, 1.807) is 24.4 Å². The van der Waals surface area contributed by atoms with Crippen molar-refractivity contribution in [2.24, 2.45) is 0 Å². The first-order valence-electron chi connectivity index (χ1n) is 9.90. The van der Waals surface area contributed by atoms with Crippen LogP contribution in [0.5, 0.6) is 5.75 Å². The van der Waals surface area contributed by atoms with Gasteiger partial charge in [0, 0.05) is 44.5 Å². The van der Waals surface area contributed by atoms with E-state index in [0.29, 0.717) is 25.1 Å². The van der Waals surface area contributed by atoms with Crippen molar-refractivity contribution in [3.8, 4) is 5.75 Å². The molecule has 8 heteroatoms. The second kappa shape index (κ2) is 10.9. The average molecular weight is 419 g/mol. The summed E-state index contributed by atoms with van der Waals surface area (Å²) in [4.78, 5) is 24.1. The Kier molecular flexibility index (Phi) is 8.56. The topological polar surface area (TPSA) is 83.8 Å². The molecule has 0 spiro atoms. The molecule has 2 heterocycles. The molecule has 0 bridgehead atoms. The molecule has 0 aliphatic carbocycles. The minimum absolute atomic E-state index is 0.201. The van der Waals surface area contributed by atoms with E-state index in [-0.39, 0.29) is 17.2 Å². The highest BCUT2D eigenvalue weighted by molar-refractivity contribution is 5.37. The molecule has 164 valence electrons. The fourth-order valence-electron chi connectivity index (χ4n) is 2.89. The first-order chi connectivity index (χ1) is 14.2. The third kappa shape index (κ3) is 7.61. The van der Waals surface area contributed by atoms with Crippen molar-refractivity contribution in [1.82, 2.24) is 14.8 Å². The van der Waals surface area contributed by atoms with Crippen LogP contribution >= 0.6 is 0 Å². The Morgan fingerprint density at radius 1 is 1.13 bits per heavy atom. The number of aromatic nitrogens is 1. The first kappa shape index (κ1) is 23.6. The van der Waals surface area contributed by atoms with E-state index in [9.17, 15) is 19.1 Å².